The van der Waals surface area contributed by atoms with E-state index >= 15 is 0 Å². The average molecular weight is 396 g/mol. The molecular formula is C17H15F3N4O2S. The first-order valence-electron chi connectivity index (χ1n) is 8.26. The molecule has 0 N–H and O–H groups in total. The second-order valence-corrected chi connectivity index (χ2v) is 7.11. The Morgan fingerprint density at radius 1 is 1.19 bits per heavy atom. The van der Waals surface area contributed by atoms with Gasteiger partial charge >= 0.3 is 6.18 Å². The smallest absolute Gasteiger partial charge is 0.378 e. The van der Waals surface area contributed by atoms with Crippen molar-refractivity contribution >= 4 is 27.2 Å². The number of hydrogen-bond acceptors (Lipinski definition) is 6. The molecule has 0 atom stereocenters. The Balaban J connectivity index is 1.96. The van der Waals surface area contributed by atoms with Crippen LogP contribution in [0.5, 0.6) is 0 Å². The van der Waals surface area contributed by atoms with E-state index in [9.17, 15) is 18.0 Å². The fourth-order valence-electron chi connectivity index (χ4n) is 3.10. The molecule has 0 bridgehead atoms. The van der Waals surface area contributed by atoms with Crippen LogP contribution in [0.1, 0.15) is 11.3 Å². The lowest BCUT2D eigenvalue weighted by atomic mass is 10.1. The van der Waals surface area contributed by atoms with Gasteiger partial charge in [0.2, 0.25) is 5.13 Å². The number of alkyl halides is 3. The van der Waals surface area contributed by atoms with Crippen molar-refractivity contribution < 1.29 is 17.9 Å². The number of fused-ring (bicyclic) bond motifs is 1. The molecule has 27 heavy (non-hydrogen) atoms. The summed E-state index contributed by atoms with van der Waals surface area (Å²) in [4.78, 5) is 19.0. The highest BCUT2D eigenvalue weighted by Gasteiger charge is 2.38. The molecule has 1 saturated heterocycles. The molecule has 0 radical (unpaired) electrons. The van der Waals surface area contributed by atoms with Crippen LogP contribution in [0.25, 0.3) is 15.3 Å². The highest BCUT2D eigenvalue weighted by molar-refractivity contribution is 7.20. The third kappa shape index (κ3) is 3.19. The fourth-order valence-corrected chi connectivity index (χ4v) is 4.02. The van der Waals surface area contributed by atoms with Crippen LogP contribution in [-0.2, 0) is 10.9 Å². The van der Waals surface area contributed by atoms with Crippen LogP contribution in [0.3, 0.4) is 0 Å². The molecule has 1 aliphatic rings. The van der Waals surface area contributed by atoms with Gasteiger partial charge in [-0.3, -0.25) is 4.79 Å². The summed E-state index contributed by atoms with van der Waals surface area (Å²) >= 11 is 1.12. The maximum absolute atomic E-state index is 13.6. The van der Waals surface area contributed by atoms with Gasteiger partial charge < -0.3 is 9.64 Å². The van der Waals surface area contributed by atoms with Crippen molar-refractivity contribution in [1.29, 1.82) is 0 Å². The second-order valence-electron chi connectivity index (χ2n) is 6.10. The Morgan fingerprint density at radius 2 is 1.89 bits per heavy atom. The van der Waals surface area contributed by atoms with Crippen LogP contribution in [0.15, 0.2) is 29.1 Å². The quantitative estimate of drug-likeness (QED) is 0.667. The number of aromatic nitrogens is 3. The average Bonchev–Trinajstić information content (AvgIpc) is 3.05. The number of nitrogens with zero attached hydrogens (tertiary/aromatic N) is 4. The third-order valence-electron chi connectivity index (χ3n) is 4.36. The van der Waals surface area contributed by atoms with E-state index in [0.717, 1.165) is 20.7 Å². The predicted octanol–water partition coefficient (Wildman–Crippen LogP) is 3.01. The number of ether oxygens (including phenoxy) is 1. The van der Waals surface area contributed by atoms with Crippen molar-refractivity contribution in [2.45, 2.75) is 13.1 Å². The maximum atomic E-state index is 13.6. The van der Waals surface area contributed by atoms with Crippen molar-refractivity contribution in [3.05, 3.63) is 45.9 Å². The van der Waals surface area contributed by atoms with Crippen LogP contribution in [-0.4, -0.2) is 41.1 Å². The molecule has 0 unspecified atom stereocenters. The molecule has 10 heteroatoms. The number of rotatable bonds is 2. The van der Waals surface area contributed by atoms with Gasteiger partial charge in [-0.25, -0.2) is 4.98 Å². The minimum Gasteiger partial charge on any atom is -0.378 e. The molecule has 2 aromatic heterocycles. The van der Waals surface area contributed by atoms with Crippen molar-refractivity contribution in [1.82, 2.24) is 14.8 Å². The Labute approximate surface area is 155 Å². The Morgan fingerprint density at radius 3 is 2.56 bits per heavy atom. The van der Waals surface area contributed by atoms with Gasteiger partial charge in [-0.2, -0.15) is 23.0 Å². The summed E-state index contributed by atoms with van der Waals surface area (Å²) in [6.45, 7) is 2.67. The highest BCUT2D eigenvalue weighted by atomic mass is 32.1. The molecule has 1 aliphatic heterocycles. The Hall–Kier alpha value is -2.46. The zero-order valence-corrected chi connectivity index (χ0v) is 15.1. The highest BCUT2D eigenvalue weighted by Crippen LogP contribution is 2.34. The van der Waals surface area contributed by atoms with Crippen molar-refractivity contribution in [3.8, 4) is 5.13 Å². The number of halogens is 3. The van der Waals surface area contributed by atoms with Gasteiger partial charge in [0.1, 0.15) is 5.69 Å². The monoisotopic (exact) mass is 396 g/mol. The summed E-state index contributed by atoms with van der Waals surface area (Å²) < 4.78 is 47.6. The number of morpholine rings is 1. The summed E-state index contributed by atoms with van der Waals surface area (Å²) in [6.07, 6.45) is -4.68. The molecule has 1 aromatic carbocycles. The first-order valence-corrected chi connectivity index (χ1v) is 9.07. The number of para-hydroxylation sites is 1. The minimum absolute atomic E-state index is 0.000110. The molecule has 3 aromatic rings. The fraction of sp³-hybridized carbons (Fsp3) is 0.353. The zero-order chi connectivity index (χ0) is 19.2. The van der Waals surface area contributed by atoms with Crippen molar-refractivity contribution in [3.63, 3.8) is 0 Å². The lowest BCUT2D eigenvalue weighted by Gasteiger charge is -2.30. The normalized spacial score (nSPS) is 15.5. The van der Waals surface area contributed by atoms with Gasteiger partial charge in [0.25, 0.3) is 5.56 Å². The van der Waals surface area contributed by atoms with Crippen LogP contribution >= 0.6 is 11.3 Å². The number of thiazole rings is 1. The molecule has 0 aliphatic carbocycles. The van der Waals surface area contributed by atoms with Crippen LogP contribution in [0, 0.1) is 6.92 Å². The largest absolute Gasteiger partial charge is 0.435 e. The van der Waals surface area contributed by atoms with E-state index < -0.39 is 17.4 Å². The van der Waals surface area contributed by atoms with Crippen molar-refractivity contribution in [2.75, 3.05) is 31.2 Å². The van der Waals surface area contributed by atoms with E-state index in [1.54, 1.807) is 29.2 Å². The van der Waals surface area contributed by atoms with E-state index in [-0.39, 0.29) is 16.4 Å². The van der Waals surface area contributed by atoms with Gasteiger partial charge in [0.05, 0.1) is 23.4 Å². The van der Waals surface area contributed by atoms with E-state index in [4.69, 9.17) is 4.74 Å². The topological polar surface area (TPSA) is 60.2 Å². The van der Waals surface area contributed by atoms with Gasteiger partial charge in [-0.15, -0.1) is 0 Å². The molecule has 0 amide bonds. The number of anilines is 1. The van der Waals surface area contributed by atoms with Gasteiger partial charge in [0.15, 0.2) is 5.69 Å². The van der Waals surface area contributed by atoms with E-state index in [1.165, 1.54) is 6.92 Å². The first-order chi connectivity index (χ1) is 12.9. The molecule has 4 rings (SSSR count). The van der Waals surface area contributed by atoms with Gasteiger partial charge in [-0.05, 0) is 19.1 Å². The minimum atomic E-state index is -4.68. The summed E-state index contributed by atoms with van der Waals surface area (Å²) in [7, 11) is 0. The first kappa shape index (κ1) is 17.9. The van der Waals surface area contributed by atoms with Crippen LogP contribution < -0.4 is 10.5 Å². The predicted molar refractivity (Wildman–Crippen MR) is 95.8 cm³/mol. The SMILES string of the molecule is Cc1c(C(F)(F)F)nn(-c2nc3ccccc3s2)c(=O)c1N1CCOCC1. The lowest BCUT2D eigenvalue weighted by molar-refractivity contribution is -0.142. The second kappa shape index (κ2) is 6.61. The number of benzene rings is 1. The van der Waals surface area contributed by atoms with E-state index in [2.05, 4.69) is 10.1 Å². The summed E-state index contributed by atoms with van der Waals surface area (Å²) in [5.41, 5.74) is -1.26. The summed E-state index contributed by atoms with van der Waals surface area (Å²) in [5.74, 6) is 0. The summed E-state index contributed by atoms with van der Waals surface area (Å²) in [5, 5.41) is 3.75. The van der Waals surface area contributed by atoms with Crippen LogP contribution in [0.2, 0.25) is 0 Å². The van der Waals surface area contributed by atoms with Crippen LogP contribution in [0.4, 0.5) is 18.9 Å². The lowest BCUT2D eigenvalue weighted by Crippen LogP contribution is -2.42. The van der Waals surface area contributed by atoms with E-state index in [0.29, 0.717) is 31.8 Å². The Kier molecular flexibility index (Phi) is 4.39. The maximum Gasteiger partial charge on any atom is 0.435 e. The van der Waals surface area contributed by atoms with Crippen molar-refractivity contribution in [2.24, 2.45) is 0 Å². The van der Waals surface area contributed by atoms with Gasteiger partial charge in [0, 0.05) is 18.7 Å². The molecule has 1 fully saturated rings. The molecule has 0 saturated carbocycles. The third-order valence-corrected chi connectivity index (χ3v) is 5.38. The molecule has 6 nitrogen and oxygen atoms in total. The summed E-state index contributed by atoms with van der Waals surface area (Å²) in [6, 6.07) is 7.11. The molecule has 142 valence electrons. The molecule has 3 heterocycles. The molecule has 0 spiro atoms. The van der Waals surface area contributed by atoms with Gasteiger partial charge in [-0.1, -0.05) is 23.5 Å². The standard InChI is InChI=1S/C17H15F3N4O2S/c1-10-13(23-6-8-26-9-7-23)15(25)24(22-14(10)17(18,19)20)16-21-11-4-2-3-5-12(11)27-16/h2-5H,6-9H2,1H3. The molecular weight excluding hydrogens is 381 g/mol. The number of hydrogen-bond donors (Lipinski definition) is 0. The van der Waals surface area contributed by atoms with E-state index in [1.807, 2.05) is 0 Å². The Bertz CT molecular complexity index is 1020. The zero-order valence-electron chi connectivity index (χ0n) is 14.3.